The molecule has 2 N–H and O–H groups in total. The molecular weight excluding hydrogens is 879 g/mol. The fraction of sp³-hybridized carbons (Fsp3) is 0.383. The molecule has 9 atom stereocenters. The normalized spacial score (nSPS) is 25.8. The van der Waals surface area contributed by atoms with Crippen LogP contribution in [0.3, 0.4) is 0 Å². The number of H-pyrrole nitrogens is 1. The number of aromatic amines is 1. The number of amides is 1. The van der Waals surface area contributed by atoms with Crippen molar-refractivity contribution in [1.29, 1.82) is 0 Å². The maximum Gasteiger partial charge on any atom is 0.425 e. The highest BCUT2D eigenvalue weighted by Gasteiger charge is 2.56. The average molecular weight is 930 g/mol. The van der Waals surface area contributed by atoms with Crippen molar-refractivity contribution in [3.8, 4) is 0 Å². The van der Waals surface area contributed by atoms with Crippen molar-refractivity contribution in [3.63, 3.8) is 0 Å². The molecule has 3 aliphatic rings. The summed E-state index contributed by atoms with van der Waals surface area (Å²) in [5.74, 6) is -1.14. The first-order valence-electron chi connectivity index (χ1n) is 21.3. The molecule has 18 nitrogen and oxygen atoms in total. The van der Waals surface area contributed by atoms with E-state index in [0.29, 0.717) is 0 Å². The molecule has 8 rings (SSSR count). The molecule has 0 saturated carbocycles. The number of nitrogens with one attached hydrogen (secondary N) is 2. The van der Waals surface area contributed by atoms with E-state index in [-0.39, 0.29) is 33.0 Å². The minimum absolute atomic E-state index is 0.0296. The van der Waals surface area contributed by atoms with Crippen LogP contribution in [-0.2, 0) is 83.5 Å². The minimum atomic E-state index is -4.91. The number of hydrogen-bond donors (Lipinski definition) is 2. The lowest BCUT2D eigenvalue weighted by Crippen LogP contribution is -2.62. The van der Waals surface area contributed by atoms with Gasteiger partial charge in [-0.25, -0.2) is 9.59 Å². The molecule has 4 aromatic carbocycles. The summed E-state index contributed by atoms with van der Waals surface area (Å²) in [5.41, 5.74) is 2.02. The second-order valence-electron chi connectivity index (χ2n) is 16.2. The Kier molecular flexibility index (Phi) is 15.2. The minimum Gasteiger partial charge on any atom is -0.416 e. The number of nitrogens with zero attached hydrogens (tertiary/aromatic N) is 1. The zero-order valence-corrected chi connectivity index (χ0v) is 36.9. The van der Waals surface area contributed by atoms with Crippen LogP contribution in [0, 0.1) is 0 Å². The first-order valence-corrected chi connectivity index (χ1v) is 22.7. The Morgan fingerprint density at radius 3 is 1.73 bits per heavy atom. The van der Waals surface area contributed by atoms with Crippen LogP contribution < -0.4 is 16.0 Å². The Morgan fingerprint density at radius 2 is 1.17 bits per heavy atom. The molecule has 5 aromatic rings. The fourth-order valence-electron chi connectivity index (χ4n) is 7.90. The predicted molar refractivity (Wildman–Crippen MR) is 233 cm³/mol. The van der Waals surface area contributed by atoms with E-state index in [0.717, 1.165) is 32.9 Å². The van der Waals surface area contributed by atoms with E-state index in [2.05, 4.69) is 4.98 Å². The lowest BCUT2D eigenvalue weighted by atomic mass is 9.97. The van der Waals surface area contributed by atoms with Crippen LogP contribution in [-0.4, -0.2) is 92.1 Å². The van der Waals surface area contributed by atoms with Crippen molar-refractivity contribution in [2.45, 2.75) is 101 Å². The molecular formula is C47H51N3O15S. The molecule has 3 fully saturated rings. The van der Waals surface area contributed by atoms with E-state index in [9.17, 15) is 22.8 Å². The van der Waals surface area contributed by atoms with Gasteiger partial charge in [-0.3, -0.25) is 18.5 Å². The van der Waals surface area contributed by atoms with Gasteiger partial charge < -0.3 is 42.6 Å². The number of benzene rings is 4. The van der Waals surface area contributed by atoms with Gasteiger partial charge in [-0.15, -0.1) is 0 Å². The largest absolute Gasteiger partial charge is 0.425 e. The lowest BCUT2D eigenvalue weighted by Gasteiger charge is -2.45. The molecule has 0 spiro atoms. The summed E-state index contributed by atoms with van der Waals surface area (Å²) < 4.78 is 91.3. The Labute approximate surface area is 380 Å². The molecule has 1 aromatic heterocycles. The SMILES string of the molecule is CC1(C)OC2C(COS(=O)(=O)NC(=O)OC3OC(COCc4ccccc4)C(OCc4ccccc4)C(OCc4ccccc4)C3OCc3ccccc3)OC(n3ccc(=O)[nH]c3=O)C2O1. The van der Waals surface area contributed by atoms with E-state index < -0.39 is 95.3 Å². The van der Waals surface area contributed by atoms with Gasteiger partial charge in [0.05, 0.1) is 39.6 Å². The first kappa shape index (κ1) is 46.9. The molecule has 3 aliphatic heterocycles. The zero-order chi connectivity index (χ0) is 46.1. The summed E-state index contributed by atoms with van der Waals surface area (Å²) in [5, 5.41) is 0. The highest BCUT2D eigenvalue weighted by molar-refractivity contribution is 7.85. The maximum atomic E-state index is 13.7. The Morgan fingerprint density at radius 1 is 0.652 bits per heavy atom. The third-order valence-corrected chi connectivity index (χ3v) is 11.8. The number of hydrogen-bond acceptors (Lipinski definition) is 15. The summed E-state index contributed by atoms with van der Waals surface area (Å²) >= 11 is 0. The Balaban J connectivity index is 1.02. The van der Waals surface area contributed by atoms with E-state index >= 15 is 0 Å². The second kappa shape index (κ2) is 21.4. The summed E-state index contributed by atoms with van der Waals surface area (Å²) in [6.45, 7) is 3.08. The van der Waals surface area contributed by atoms with Crippen LogP contribution in [0.25, 0.3) is 0 Å². The number of carbonyl (C=O) groups is 1. The smallest absolute Gasteiger partial charge is 0.416 e. The van der Waals surface area contributed by atoms with Gasteiger partial charge in [-0.1, -0.05) is 121 Å². The third-order valence-electron chi connectivity index (χ3n) is 10.9. The number of aromatic nitrogens is 2. The van der Waals surface area contributed by atoms with Crippen molar-refractivity contribution >= 4 is 16.4 Å². The molecule has 66 heavy (non-hydrogen) atoms. The van der Waals surface area contributed by atoms with Gasteiger partial charge in [0, 0.05) is 12.3 Å². The van der Waals surface area contributed by atoms with Crippen LogP contribution >= 0.6 is 0 Å². The molecule has 4 heterocycles. The van der Waals surface area contributed by atoms with E-state index in [1.54, 1.807) is 18.6 Å². The predicted octanol–water partition coefficient (Wildman–Crippen LogP) is 4.64. The highest BCUT2D eigenvalue weighted by atomic mass is 32.2. The van der Waals surface area contributed by atoms with Gasteiger partial charge in [0.25, 0.3) is 5.56 Å². The van der Waals surface area contributed by atoms with Gasteiger partial charge in [0.15, 0.2) is 12.0 Å². The monoisotopic (exact) mass is 929 g/mol. The van der Waals surface area contributed by atoms with Crippen LogP contribution in [0.1, 0.15) is 42.3 Å². The van der Waals surface area contributed by atoms with Crippen LogP contribution in [0.2, 0.25) is 0 Å². The summed E-state index contributed by atoms with van der Waals surface area (Å²) in [6.07, 6.45) is -9.79. The van der Waals surface area contributed by atoms with Crippen molar-refractivity contribution in [2.75, 3.05) is 13.2 Å². The lowest BCUT2D eigenvalue weighted by molar-refractivity contribution is -0.315. The number of fused-ring (bicyclic) bond motifs is 1. The molecule has 0 bridgehead atoms. The third kappa shape index (κ3) is 12.2. The van der Waals surface area contributed by atoms with Crippen LogP contribution in [0.4, 0.5) is 4.79 Å². The molecule has 19 heteroatoms. The van der Waals surface area contributed by atoms with E-state index in [4.69, 9.17) is 46.8 Å². The number of ether oxygens (including phenoxy) is 9. The quantitative estimate of drug-likeness (QED) is 0.116. The molecule has 9 unspecified atom stereocenters. The van der Waals surface area contributed by atoms with Gasteiger partial charge in [-0.2, -0.15) is 13.1 Å². The zero-order valence-electron chi connectivity index (χ0n) is 36.1. The molecule has 350 valence electrons. The van der Waals surface area contributed by atoms with Crippen molar-refractivity contribution in [2.24, 2.45) is 0 Å². The Hall–Kier alpha value is -5.58. The molecule has 3 saturated heterocycles. The van der Waals surface area contributed by atoms with E-state index in [1.165, 1.54) is 6.20 Å². The second-order valence-corrected chi connectivity index (χ2v) is 17.6. The van der Waals surface area contributed by atoms with Crippen LogP contribution in [0.15, 0.2) is 143 Å². The van der Waals surface area contributed by atoms with Gasteiger partial charge in [0.1, 0.15) is 42.7 Å². The summed E-state index contributed by atoms with van der Waals surface area (Å²) in [7, 11) is -4.91. The Bertz CT molecular complexity index is 2570. The molecule has 1 amide bonds. The van der Waals surface area contributed by atoms with E-state index in [1.807, 2.05) is 121 Å². The van der Waals surface area contributed by atoms with Crippen molar-refractivity contribution in [1.82, 2.24) is 14.3 Å². The standard InChI is InChI=1S/C47H51N3O15S/c1-47(2)64-39-36(61-43(41(39)65-47)50-24-23-37(51)48-45(50)52)30-60-66(54,55)49-46(53)63-44-42(59-28-34-21-13-6-14-22-34)40(58-27-33-19-11-5-12-20-33)38(57-26-32-17-9-4-10-18-32)35(62-44)29-56-25-31-15-7-3-8-16-31/h3-24,35-36,38-44H,25-30H2,1-2H3,(H,49,53)(H,48,51,52). The van der Waals surface area contributed by atoms with Crippen molar-refractivity contribution < 1.29 is 60.0 Å². The topological polar surface area (TPSA) is 210 Å². The van der Waals surface area contributed by atoms with Crippen LogP contribution in [0.5, 0.6) is 0 Å². The fourth-order valence-corrected chi connectivity index (χ4v) is 8.53. The summed E-state index contributed by atoms with van der Waals surface area (Å²) in [4.78, 5) is 40.3. The number of carbonyl (C=O) groups excluding carboxylic acids is 1. The first-order chi connectivity index (χ1) is 31.9. The van der Waals surface area contributed by atoms with Gasteiger partial charge in [0.2, 0.25) is 6.29 Å². The summed E-state index contributed by atoms with van der Waals surface area (Å²) in [6, 6.07) is 38.9. The molecule has 0 radical (unpaired) electrons. The average Bonchev–Trinajstić information content (AvgIpc) is 3.80. The number of rotatable bonds is 19. The van der Waals surface area contributed by atoms with Gasteiger partial charge >= 0.3 is 22.1 Å². The molecule has 0 aliphatic carbocycles. The maximum absolute atomic E-state index is 13.7. The highest BCUT2D eigenvalue weighted by Crippen LogP contribution is 2.43. The van der Waals surface area contributed by atoms with Crippen molar-refractivity contribution in [3.05, 3.63) is 177 Å². The van der Waals surface area contributed by atoms with Gasteiger partial charge in [-0.05, 0) is 36.1 Å².